The molecule has 0 aliphatic carbocycles. The fourth-order valence-corrected chi connectivity index (χ4v) is 5.22. The van der Waals surface area contributed by atoms with Gasteiger partial charge in [-0.3, -0.25) is 14.9 Å². The molecule has 31 heavy (non-hydrogen) atoms. The summed E-state index contributed by atoms with van der Waals surface area (Å²) in [5, 5.41) is 14.0. The number of nitro benzene ring substituents is 1. The number of rotatable bonds is 8. The smallest absolute Gasteiger partial charge is 0.269 e. The van der Waals surface area contributed by atoms with E-state index >= 15 is 0 Å². The van der Waals surface area contributed by atoms with Gasteiger partial charge < -0.3 is 10.2 Å². The van der Waals surface area contributed by atoms with Crippen LogP contribution in [0.5, 0.6) is 0 Å². The van der Waals surface area contributed by atoms with Gasteiger partial charge >= 0.3 is 0 Å². The van der Waals surface area contributed by atoms with Gasteiger partial charge in [0.25, 0.3) is 5.69 Å². The summed E-state index contributed by atoms with van der Waals surface area (Å²) in [5.41, 5.74) is 0.771. The van der Waals surface area contributed by atoms with Gasteiger partial charge in [0.05, 0.1) is 9.95 Å². The average Bonchev–Trinajstić information content (AvgIpc) is 2.77. The number of anilines is 1. The SMILES string of the molecule is O=C(CCCNc1ccc([N+](=O)[O-])cc1)N1CCN(S(=O)(=O)c2ccccc2Cl)CC1. The van der Waals surface area contributed by atoms with Crippen LogP contribution in [0.2, 0.25) is 5.02 Å². The van der Waals surface area contributed by atoms with Crippen molar-refractivity contribution in [3.8, 4) is 0 Å². The fourth-order valence-electron chi connectivity index (χ4n) is 3.30. The van der Waals surface area contributed by atoms with E-state index in [-0.39, 0.29) is 34.6 Å². The Labute approximate surface area is 185 Å². The third-order valence-electron chi connectivity index (χ3n) is 5.02. The van der Waals surface area contributed by atoms with Crippen LogP contribution in [0.1, 0.15) is 12.8 Å². The molecular weight excluding hydrogens is 444 g/mol. The van der Waals surface area contributed by atoms with Crippen LogP contribution in [0.3, 0.4) is 0 Å². The lowest BCUT2D eigenvalue weighted by Gasteiger charge is -2.34. The van der Waals surface area contributed by atoms with Gasteiger partial charge in [-0.1, -0.05) is 23.7 Å². The second kappa shape index (κ2) is 10.1. The van der Waals surface area contributed by atoms with Gasteiger partial charge in [0.15, 0.2) is 0 Å². The number of halogens is 1. The van der Waals surface area contributed by atoms with E-state index in [1.807, 2.05) is 0 Å². The van der Waals surface area contributed by atoms with Crippen molar-refractivity contribution in [1.29, 1.82) is 0 Å². The van der Waals surface area contributed by atoms with E-state index in [1.165, 1.54) is 22.5 Å². The molecule has 1 saturated heterocycles. The maximum atomic E-state index is 12.8. The van der Waals surface area contributed by atoms with Gasteiger partial charge in [0.1, 0.15) is 4.90 Å². The second-order valence-electron chi connectivity index (χ2n) is 7.05. The Morgan fingerprint density at radius 3 is 2.32 bits per heavy atom. The first kappa shape index (κ1) is 23.0. The molecule has 1 N–H and O–H groups in total. The maximum absolute atomic E-state index is 12.8. The lowest BCUT2D eigenvalue weighted by molar-refractivity contribution is -0.384. The van der Waals surface area contributed by atoms with Crippen LogP contribution in [0.15, 0.2) is 53.4 Å². The van der Waals surface area contributed by atoms with Crippen LogP contribution in [0, 0.1) is 10.1 Å². The topological polar surface area (TPSA) is 113 Å². The summed E-state index contributed by atoms with van der Waals surface area (Å²) in [6, 6.07) is 12.4. The molecule has 1 aliphatic heterocycles. The molecule has 2 aromatic rings. The minimum Gasteiger partial charge on any atom is -0.385 e. The van der Waals surface area contributed by atoms with Crippen molar-refractivity contribution in [2.45, 2.75) is 17.7 Å². The number of hydrogen-bond acceptors (Lipinski definition) is 6. The molecule has 1 aliphatic rings. The van der Waals surface area contributed by atoms with Crippen molar-refractivity contribution in [3.63, 3.8) is 0 Å². The van der Waals surface area contributed by atoms with Gasteiger partial charge in [0, 0.05) is 57.0 Å². The molecule has 11 heteroatoms. The van der Waals surface area contributed by atoms with Crippen LogP contribution < -0.4 is 5.32 Å². The first-order chi connectivity index (χ1) is 14.8. The van der Waals surface area contributed by atoms with Gasteiger partial charge in [-0.2, -0.15) is 4.31 Å². The van der Waals surface area contributed by atoms with Gasteiger partial charge in [-0.15, -0.1) is 0 Å². The largest absolute Gasteiger partial charge is 0.385 e. The molecule has 0 radical (unpaired) electrons. The lowest BCUT2D eigenvalue weighted by atomic mass is 10.2. The molecule has 1 heterocycles. The summed E-state index contributed by atoms with van der Waals surface area (Å²) in [6.07, 6.45) is 0.922. The highest BCUT2D eigenvalue weighted by atomic mass is 35.5. The number of carbonyl (C=O) groups excluding carboxylic acids is 1. The van der Waals surface area contributed by atoms with Gasteiger partial charge in [-0.25, -0.2) is 8.42 Å². The highest BCUT2D eigenvalue weighted by Crippen LogP contribution is 2.25. The van der Waals surface area contributed by atoms with E-state index < -0.39 is 14.9 Å². The molecule has 1 amide bonds. The highest BCUT2D eigenvalue weighted by Gasteiger charge is 2.31. The molecule has 0 saturated carbocycles. The summed E-state index contributed by atoms with van der Waals surface area (Å²) in [5.74, 6) is -0.0275. The Morgan fingerprint density at radius 1 is 1.06 bits per heavy atom. The number of non-ortho nitro benzene ring substituents is 1. The van der Waals surface area contributed by atoms with E-state index in [2.05, 4.69) is 5.32 Å². The molecular formula is C20H23ClN4O5S. The van der Waals surface area contributed by atoms with E-state index in [4.69, 9.17) is 11.6 Å². The number of sulfonamides is 1. The highest BCUT2D eigenvalue weighted by molar-refractivity contribution is 7.89. The Balaban J connectivity index is 1.43. The summed E-state index contributed by atoms with van der Waals surface area (Å²) >= 11 is 6.04. The minimum absolute atomic E-state index is 0.0245. The Morgan fingerprint density at radius 2 is 1.71 bits per heavy atom. The Bertz CT molecular complexity index is 1040. The molecule has 0 spiro atoms. The van der Waals surface area contributed by atoms with Gasteiger partial charge in [-0.05, 0) is 30.7 Å². The van der Waals surface area contributed by atoms with Crippen molar-refractivity contribution >= 4 is 38.9 Å². The molecule has 2 aromatic carbocycles. The lowest BCUT2D eigenvalue weighted by Crippen LogP contribution is -2.50. The second-order valence-corrected chi connectivity index (χ2v) is 9.36. The Kier molecular flexibility index (Phi) is 7.47. The summed E-state index contributed by atoms with van der Waals surface area (Å²) in [6.45, 7) is 1.65. The first-order valence-corrected chi connectivity index (χ1v) is 11.6. The zero-order chi connectivity index (χ0) is 22.4. The number of piperazine rings is 1. The van der Waals surface area contributed by atoms with Crippen LogP contribution in [-0.2, 0) is 14.8 Å². The van der Waals surface area contributed by atoms with Crippen molar-refractivity contribution in [3.05, 3.63) is 63.7 Å². The summed E-state index contributed by atoms with van der Waals surface area (Å²) in [4.78, 5) is 24.4. The standard InChI is InChI=1S/C20H23ClN4O5S/c21-18-4-1-2-5-19(18)31(29,30)24-14-12-23(13-15-24)20(26)6-3-11-22-16-7-9-17(10-8-16)25(27)28/h1-2,4-5,7-10,22H,3,6,11-15H2. The average molecular weight is 467 g/mol. The van der Waals surface area contributed by atoms with Crippen LogP contribution in [-0.4, -0.2) is 61.2 Å². The number of nitrogens with one attached hydrogen (secondary N) is 1. The predicted molar refractivity (Wildman–Crippen MR) is 118 cm³/mol. The molecule has 0 aromatic heterocycles. The molecule has 0 atom stereocenters. The van der Waals surface area contributed by atoms with Crippen LogP contribution >= 0.6 is 11.6 Å². The molecule has 166 valence electrons. The number of benzene rings is 2. The van der Waals surface area contributed by atoms with Crippen molar-refractivity contribution in [1.82, 2.24) is 9.21 Å². The predicted octanol–water partition coefficient (Wildman–Crippen LogP) is 2.97. The fraction of sp³-hybridized carbons (Fsp3) is 0.350. The quantitative estimate of drug-likeness (QED) is 0.363. The number of nitrogens with zero attached hydrogens (tertiary/aromatic N) is 3. The number of nitro groups is 1. The number of hydrogen-bond donors (Lipinski definition) is 1. The minimum atomic E-state index is -3.69. The zero-order valence-electron chi connectivity index (χ0n) is 16.7. The molecule has 9 nitrogen and oxygen atoms in total. The zero-order valence-corrected chi connectivity index (χ0v) is 18.3. The van der Waals surface area contributed by atoms with Crippen LogP contribution in [0.4, 0.5) is 11.4 Å². The third-order valence-corrected chi connectivity index (χ3v) is 7.42. The summed E-state index contributed by atoms with van der Waals surface area (Å²) < 4.78 is 26.9. The van der Waals surface area contributed by atoms with Crippen molar-refractivity contribution in [2.24, 2.45) is 0 Å². The van der Waals surface area contributed by atoms with E-state index in [0.717, 1.165) is 5.69 Å². The first-order valence-electron chi connectivity index (χ1n) is 9.80. The number of carbonyl (C=O) groups is 1. The Hall–Kier alpha value is -2.69. The maximum Gasteiger partial charge on any atom is 0.269 e. The van der Waals surface area contributed by atoms with E-state index in [0.29, 0.717) is 32.5 Å². The molecule has 0 bridgehead atoms. The molecule has 1 fully saturated rings. The van der Waals surface area contributed by atoms with Gasteiger partial charge in [0.2, 0.25) is 15.9 Å². The normalized spacial score (nSPS) is 14.9. The molecule has 0 unspecified atom stereocenters. The van der Waals surface area contributed by atoms with E-state index in [1.54, 1.807) is 35.2 Å². The van der Waals surface area contributed by atoms with Crippen LogP contribution in [0.25, 0.3) is 0 Å². The molecule has 3 rings (SSSR count). The number of amides is 1. The van der Waals surface area contributed by atoms with E-state index in [9.17, 15) is 23.3 Å². The van der Waals surface area contributed by atoms with Crippen molar-refractivity contribution < 1.29 is 18.1 Å². The summed E-state index contributed by atoms with van der Waals surface area (Å²) in [7, 11) is -3.69. The van der Waals surface area contributed by atoms with Crippen molar-refractivity contribution in [2.75, 3.05) is 38.0 Å². The third kappa shape index (κ3) is 5.72. The monoisotopic (exact) mass is 466 g/mol.